The first kappa shape index (κ1) is 21.1. The van der Waals surface area contributed by atoms with Gasteiger partial charge in [0.15, 0.2) is 5.96 Å². The largest absolute Gasteiger partial charge is 0.494 e. The monoisotopic (exact) mass is 374 g/mol. The van der Waals surface area contributed by atoms with Crippen LogP contribution in [0.5, 0.6) is 5.75 Å². The highest BCUT2D eigenvalue weighted by Gasteiger charge is 2.23. The maximum Gasteiger partial charge on any atom is 0.217 e. The zero-order chi connectivity index (χ0) is 19.5. The zero-order valence-corrected chi connectivity index (χ0v) is 16.7. The van der Waals surface area contributed by atoms with E-state index in [4.69, 9.17) is 15.5 Å². The van der Waals surface area contributed by atoms with E-state index in [0.717, 1.165) is 69.2 Å². The number of guanidine groups is 1. The number of aliphatic imine (C=N–C) groups is 1. The van der Waals surface area contributed by atoms with Gasteiger partial charge >= 0.3 is 0 Å². The fraction of sp³-hybridized carbons (Fsp3) is 0.619. The van der Waals surface area contributed by atoms with E-state index in [-0.39, 0.29) is 5.91 Å². The average molecular weight is 375 g/mol. The third-order valence-corrected chi connectivity index (χ3v) is 4.72. The van der Waals surface area contributed by atoms with Crippen LogP contribution in [0, 0.1) is 5.92 Å². The fourth-order valence-electron chi connectivity index (χ4n) is 3.37. The van der Waals surface area contributed by atoms with Crippen LogP contribution >= 0.6 is 0 Å². The van der Waals surface area contributed by atoms with Gasteiger partial charge in [-0.25, -0.2) is 4.99 Å². The Morgan fingerprint density at radius 2 is 2.26 bits per heavy atom. The lowest BCUT2D eigenvalue weighted by atomic mass is 9.95. The maximum atomic E-state index is 11.3. The molecule has 1 unspecified atom stereocenters. The number of carbonyl (C=O) groups excluding carboxylic acids is 1. The average Bonchev–Trinajstić information content (AvgIpc) is 2.65. The van der Waals surface area contributed by atoms with Crippen LogP contribution in [-0.2, 0) is 11.3 Å². The summed E-state index contributed by atoms with van der Waals surface area (Å²) in [5, 5.41) is 3.38. The molecular formula is C21H34N4O2. The van der Waals surface area contributed by atoms with E-state index in [1.165, 1.54) is 0 Å². The molecule has 1 aliphatic heterocycles. The van der Waals surface area contributed by atoms with Crippen molar-refractivity contribution < 1.29 is 9.53 Å². The second-order valence-electron chi connectivity index (χ2n) is 7.14. The van der Waals surface area contributed by atoms with Crippen molar-refractivity contribution in [1.29, 1.82) is 0 Å². The quantitative estimate of drug-likeness (QED) is 0.396. The molecule has 1 atom stereocenters. The lowest BCUT2D eigenvalue weighted by Crippen LogP contribution is -2.47. The SMILES string of the molecule is CCCCOc1cccc(CN=C(NCC)N2CCCC(CC(N)=O)C2)c1. The molecule has 6 heteroatoms. The first-order valence-electron chi connectivity index (χ1n) is 10.2. The Balaban J connectivity index is 2.00. The minimum absolute atomic E-state index is 0.219. The molecule has 0 radical (unpaired) electrons. The molecule has 6 nitrogen and oxygen atoms in total. The minimum Gasteiger partial charge on any atom is -0.494 e. The predicted molar refractivity (Wildman–Crippen MR) is 110 cm³/mol. The number of primary amides is 1. The molecule has 0 spiro atoms. The molecule has 1 heterocycles. The molecule has 2 rings (SSSR count). The predicted octanol–water partition coefficient (Wildman–Crippen LogP) is 2.92. The van der Waals surface area contributed by atoms with E-state index in [1.807, 2.05) is 12.1 Å². The Labute approximate surface area is 163 Å². The second kappa shape index (κ2) is 11.5. The van der Waals surface area contributed by atoms with Gasteiger partial charge in [0.25, 0.3) is 0 Å². The highest BCUT2D eigenvalue weighted by molar-refractivity contribution is 5.80. The number of unbranched alkanes of at least 4 members (excludes halogenated alkanes) is 1. The van der Waals surface area contributed by atoms with E-state index >= 15 is 0 Å². The van der Waals surface area contributed by atoms with Gasteiger partial charge in [-0.1, -0.05) is 25.5 Å². The van der Waals surface area contributed by atoms with Gasteiger partial charge in [0.05, 0.1) is 13.2 Å². The van der Waals surface area contributed by atoms with Gasteiger partial charge < -0.3 is 20.7 Å². The van der Waals surface area contributed by atoms with Crippen molar-refractivity contribution in [2.75, 3.05) is 26.2 Å². The molecule has 1 fully saturated rings. The summed E-state index contributed by atoms with van der Waals surface area (Å²) in [7, 11) is 0. The highest BCUT2D eigenvalue weighted by atomic mass is 16.5. The number of piperidine rings is 1. The zero-order valence-electron chi connectivity index (χ0n) is 16.7. The van der Waals surface area contributed by atoms with E-state index in [9.17, 15) is 4.79 Å². The summed E-state index contributed by atoms with van der Waals surface area (Å²) in [5.74, 6) is 1.91. The van der Waals surface area contributed by atoms with Crippen LogP contribution in [0.15, 0.2) is 29.3 Å². The third-order valence-electron chi connectivity index (χ3n) is 4.72. The van der Waals surface area contributed by atoms with Gasteiger partial charge in [-0.05, 0) is 49.8 Å². The molecule has 3 N–H and O–H groups in total. The van der Waals surface area contributed by atoms with Gasteiger partial charge in [0, 0.05) is 26.1 Å². The topological polar surface area (TPSA) is 79.9 Å². The maximum absolute atomic E-state index is 11.3. The number of nitrogens with zero attached hydrogens (tertiary/aromatic N) is 2. The van der Waals surface area contributed by atoms with Crippen molar-refractivity contribution in [3.63, 3.8) is 0 Å². The van der Waals surface area contributed by atoms with Crippen molar-refractivity contribution >= 4 is 11.9 Å². The first-order chi connectivity index (χ1) is 13.1. The number of amides is 1. The van der Waals surface area contributed by atoms with Crippen molar-refractivity contribution in [3.8, 4) is 5.75 Å². The van der Waals surface area contributed by atoms with Crippen LogP contribution in [0.25, 0.3) is 0 Å². The standard InChI is InChI=1S/C21H34N4O2/c1-3-5-12-27-19-10-6-8-17(13-19)15-24-21(23-4-2)25-11-7-9-18(16-25)14-20(22)26/h6,8,10,13,18H,3-5,7,9,11-12,14-16H2,1-2H3,(H2,22,26)(H,23,24). The van der Waals surface area contributed by atoms with E-state index in [2.05, 4.69) is 36.2 Å². The Hall–Kier alpha value is -2.24. The van der Waals surface area contributed by atoms with E-state index < -0.39 is 0 Å². The van der Waals surface area contributed by atoms with E-state index in [1.54, 1.807) is 0 Å². The number of likely N-dealkylation sites (tertiary alicyclic amines) is 1. The van der Waals surface area contributed by atoms with Gasteiger partial charge in [-0.15, -0.1) is 0 Å². The van der Waals surface area contributed by atoms with Crippen LogP contribution in [0.4, 0.5) is 0 Å². The number of ether oxygens (including phenoxy) is 1. The lowest BCUT2D eigenvalue weighted by molar-refractivity contribution is -0.119. The number of hydrogen-bond acceptors (Lipinski definition) is 3. The molecule has 0 bridgehead atoms. The molecule has 1 aromatic rings. The summed E-state index contributed by atoms with van der Waals surface area (Å²) in [6, 6.07) is 8.15. The van der Waals surface area contributed by atoms with Crippen molar-refractivity contribution in [2.24, 2.45) is 16.6 Å². The fourth-order valence-corrected chi connectivity index (χ4v) is 3.37. The summed E-state index contributed by atoms with van der Waals surface area (Å²) in [4.78, 5) is 18.3. The number of hydrogen-bond donors (Lipinski definition) is 2. The first-order valence-corrected chi connectivity index (χ1v) is 10.2. The van der Waals surface area contributed by atoms with Crippen LogP contribution in [0.3, 0.4) is 0 Å². The molecule has 1 saturated heterocycles. The number of nitrogens with two attached hydrogens (primary N) is 1. The van der Waals surface area contributed by atoms with Crippen LogP contribution in [0.1, 0.15) is 51.5 Å². The summed E-state index contributed by atoms with van der Waals surface area (Å²) in [5.41, 5.74) is 6.51. The molecular weight excluding hydrogens is 340 g/mol. The van der Waals surface area contributed by atoms with Crippen molar-refractivity contribution in [2.45, 2.75) is 52.5 Å². The Bertz CT molecular complexity index is 618. The van der Waals surface area contributed by atoms with Crippen LogP contribution in [0.2, 0.25) is 0 Å². The number of nitrogens with one attached hydrogen (secondary N) is 1. The Morgan fingerprint density at radius 3 is 3.00 bits per heavy atom. The molecule has 1 aromatic carbocycles. The third kappa shape index (κ3) is 7.49. The summed E-state index contributed by atoms with van der Waals surface area (Å²) in [6.45, 7) is 8.19. The van der Waals surface area contributed by atoms with Crippen molar-refractivity contribution in [1.82, 2.24) is 10.2 Å². The molecule has 0 aromatic heterocycles. The van der Waals surface area contributed by atoms with E-state index in [0.29, 0.717) is 18.9 Å². The van der Waals surface area contributed by atoms with Gasteiger partial charge in [-0.2, -0.15) is 0 Å². The molecule has 150 valence electrons. The van der Waals surface area contributed by atoms with Gasteiger partial charge in [0.1, 0.15) is 5.75 Å². The Morgan fingerprint density at radius 1 is 1.41 bits per heavy atom. The lowest BCUT2D eigenvalue weighted by Gasteiger charge is -2.34. The summed E-state index contributed by atoms with van der Waals surface area (Å²) >= 11 is 0. The molecule has 0 aliphatic carbocycles. The molecule has 0 saturated carbocycles. The van der Waals surface area contributed by atoms with Crippen LogP contribution < -0.4 is 15.8 Å². The number of carbonyl (C=O) groups is 1. The molecule has 1 aliphatic rings. The molecule has 27 heavy (non-hydrogen) atoms. The highest BCUT2D eigenvalue weighted by Crippen LogP contribution is 2.20. The number of rotatable bonds is 9. The summed E-state index contributed by atoms with van der Waals surface area (Å²) in [6.07, 6.45) is 4.75. The second-order valence-corrected chi connectivity index (χ2v) is 7.14. The minimum atomic E-state index is -0.219. The number of benzene rings is 1. The van der Waals surface area contributed by atoms with Gasteiger partial charge in [-0.3, -0.25) is 4.79 Å². The van der Waals surface area contributed by atoms with Gasteiger partial charge in [0.2, 0.25) is 5.91 Å². The smallest absolute Gasteiger partial charge is 0.217 e. The van der Waals surface area contributed by atoms with Crippen LogP contribution in [-0.4, -0.2) is 43.0 Å². The van der Waals surface area contributed by atoms with Crippen molar-refractivity contribution in [3.05, 3.63) is 29.8 Å². The normalized spacial score (nSPS) is 17.6. The Kier molecular flexibility index (Phi) is 8.95. The summed E-state index contributed by atoms with van der Waals surface area (Å²) < 4.78 is 5.79. The molecule has 1 amide bonds.